The summed E-state index contributed by atoms with van der Waals surface area (Å²) in [5.74, 6) is 0.636. The number of rotatable bonds is 5. The summed E-state index contributed by atoms with van der Waals surface area (Å²) in [5, 5.41) is 3.60. The summed E-state index contributed by atoms with van der Waals surface area (Å²) in [6.45, 7) is 5.37. The molecule has 3 rings (SSSR count). The Labute approximate surface area is 125 Å². The van der Waals surface area contributed by atoms with Crippen molar-refractivity contribution >= 4 is 16.7 Å². The lowest BCUT2D eigenvalue weighted by atomic mass is 10.2. The Hall–Kier alpha value is -1.88. The van der Waals surface area contributed by atoms with Gasteiger partial charge in [0, 0.05) is 31.4 Å². The second-order valence-corrected chi connectivity index (χ2v) is 5.44. The van der Waals surface area contributed by atoms with Gasteiger partial charge in [0.2, 0.25) is 5.88 Å². The molecule has 1 N–H and O–H groups in total. The lowest BCUT2D eigenvalue weighted by molar-refractivity contribution is 0.399. The van der Waals surface area contributed by atoms with Crippen LogP contribution in [0.2, 0.25) is 0 Å². The van der Waals surface area contributed by atoms with Crippen LogP contribution < -0.4 is 15.0 Å². The number of methoxy groups -OCH3 is 1. The highest BCUT2D eigenvalue weighted by Crippen LogP contribution is 2.28. The van der Waals surface area contributed by atoms with Crippen molar-refractivity contribution < 1.29 is 4.74 Å². The van der Waals surface area contributed by atoms with Gasteiger partial charge in [-0.1, -0.05) is 6.92 Å². The first-order valence-corrected chi connectivity index (χ1v) is 7.60. The zero-order valence-corrected chi connectivity index (χ0v) is 12.7. The molecule has 1 fully saturated rings. The fraction of sp³-hybridized carbons (Fsp3) is 0.500. The standard InChI is InChI=1S/C16H22N4O/c1-3-8-17-12-7-10-20(11-12)14-6-9-18-13-4-5-15(21-2)19-16(13)14/h4-6,9,12,17H,3,7-8,10-11H2,1-2H3. The minimum Gasteiger partial charge on any atom is -0.481 e. The van der Waals surface area contributed by atoms with E-state index in [1.807, 2.05) is 18.3 Å². The van der Waals surface area contributed by atoms with Crippen molar-refractivity contribution in [2.45, 2.75) is 25.8 Å². The Morgan fingerprint density at radius 3 is 3.10 bits per heavy atom. The molecule has 1 unspecified atom stereocenters. The van der Waals surface area contributed by atoms with Gasteiger partial charge in [0.05, 0.1) is 18.3 Å². The molecule has 0 aliphatic carbocycles. The summed E-state index contributed by atoms with van der Waals surface area (Å²) in [6, 6.07) is 6.44. The van der Waals surface area contributed by atoms with Crippen LogP contribution in [-0.4, -0.2) is 42.8 Å². The Balaban J connectivity index is 1.86. The predicted molar refractivity (Wildman–Crippen MR) is 85.0 cm³/mol. The van der Waals surface area contributed by atoms with E-state index >= 15 is 0 Å². The zero-order valence-electron chi connectivity index (χ0n) is 12.7. The highest BCUT2D eigenvalue weighted by Gasteiger charge is 2.23. The fourth-order valence-electron chi connectivity index (χ4n) is 2.86. The molecule has 0 radical (unpaired) electrons. The van der Waals surface area contributed by atoms with E-state index in [2.05, 4.69) is 33.2 Å². The summed E-state index contributed by atoms with van der Waals surface area (Å²) >= 11 is 0. The van der Waals surface area contributed by atoms with Gasteiger partial charge in [-0.15, -0.1) is 0 Å². The van der Waals surface area contributed by atoms with Crippen LogP contribution in [0, 0.1) is 0 Å². The smallest absolute Gasteiger partial charge is 0.213 e. The van der Waals surface area contributed by atoms with E-state index in [1.165, 1.54) is 12.8 Å². The molecule has 2 aromatic heterocycles. The SMILES string of the molecule is CCCNC1CCN(c2ccnc3ccc(OC)nc23)C1. The average Bonchev–Trinajstić information content (AvgIpc) is 3.00. The third-order valence-electron chi connectivity index (χ3n) is 3.96. The number of anilines is 1. The molecule has 1 aliphatic heterocycles. The van der Waals surface area contributed by atoms with E-state index < -0.39 is 0 Å². The Kier molecular flexibility index (Phi) is 4.20. The van der Waals surface area contributed by atoms with Crippen LogP contribution in [0.4, 0.5) is 5.69 Å². The molecule has 3 heterocycles. The van der Waals surface area contributed by atoms with Gasteiger partial charge < -0.3 is 15.0 Å². The van der Waals surface area contributed by atoms with Gasteiger partial charge >= 0.3 is 0 Å². The molecular weight excluding hydrogens is 264 g/mol. The van der Waals surface area contributed by atoms with Crippen LogP contribution in [0.25, 0.3) is 11.0 Å². The monoisotopic (exact) mass is 286 g/mol. The minimum atomic E-state index is 0.568. The quantitative estimate of drug-likeness (QED) is 0.913. The number of aromatic nitrogens is 2. The van der Waals surface area contributed by atoms with E-state index in [1.54, 1.807) is 7.11 Å². The summed E-state index contributed by atoms with van der Waals surface area (Å²) in [5.41, 5.74) is 2.99. The van der Waals surface area contributed by atoms with Gasteiger partial charge in [-0.3, -0.25) is 4.98 Å². The third kappa shape index (κ3) is 2.93. The molecule has 5 nitrogen and oxygen atoms in total. The Morgan fingerprint density at radius 2 is 2.29 bits per heavy atom. The molecule has 1 atom stereocenters. The Morgan fingerprint density at radius 1 is 1.38 bits per heavy atom. The second kappa shape index (κ2) is 6.26. The van der Waals surface area contributed by atoms with Crippen molar-refractivity contribution in [1.29, 1.82) is 0 Å². The summed E-state index contributed by atoms with van der Waals surface area (Å²) in [4.78, 5) is 11.4. The van der Waals surface area contributed by atoms with Crippen molar-refractivity contribution in [3.05, 3.63) is 24.4 Å². The van der Waals surface area contributed by atoms with Crippen LogP contribution in [0.3, 0.4) is 0 Å². The van der Waals surface area contributed by atoms with E-state index in [4.69, 9.17) is 4.74 Å². The highest BCUT2D eigenvalue weighted by molar-refractivity contribution is 5.88. The molecule has 2 aromatic rings. The normalized spacial score (nSPS) is 18.4. The lowest BCUT2D eigenvalue weighted by Gasteiger charge is -2.20. The molecule has 1 saturated heterocycles. The maximum atomic E-state index is 5.24. The van der Waals surface area contributed by atoms with Crippen molar-refractivity contribution in [2.75, 3.05) is 31.6 Å². The van der Waals surface area contributed by atoms with Gasteiger partial charge in [0.1, 0.15) is 5.52 Å². The van der Waals surface area contributed by atoms with Crippen LogP contribution in [-0.2, 0) is 0 Å². The van der Waals surface area contributed by atoms with Gasteiger partial charge in [-0.05, 0) is 31.5 Å². The third-order valence-corrected chi connectivity index (χ3v) is 3.96. The number of pyridine rings is 2. The molecule has 112 valence electrons. The Bertz CT molecular complexity index is 616. The minimum absolute atomic E-state index is 0.568. The molecule has 0 bridgehead atoms. The summed E-state index contributed by atoms with van der Waals surface area (Å²) in [7, 11) is 1.64. The van der Waals surface area contributed by atoms with Crippen LogP contribution in [0.1, 0.15) is 19.8 Å². The van der Waals surface area contributed by atoms with Crippen LogP contribution in [0.15, 0.2) is 24.4 Å². The highest BCUT2D eigenvalue weighted by atomic mass is 16.5. The number of hydrogen-bond acceptors (Lipinski definition) is 5. The first-order valence-electron chi connectivity index (χ1n) is 7.60. The second-order valence-electron chi connectivity index (χ2n) is 5.44. The summed E-state index contributed by atoms with van der Waals surface area (Å²) < 4.78 is 5.24. The molecular formula is C16H22N4O. The molecule has 21 heavy (non-hydrogen) atoms. The molecule has 0 saturated carbocycles. The van der Waals surface area contributed by atoms with Gasteiger partial charge in [-0.2, -0.15) is 0 Å². The summed E-state index contributed by atoms with van der Waals surface area (Å²) in [6.07, 6.45) is 4.21. The first-order chi connectivity index (χ1) is 10.3. The number of fused-ring (bicyclic) bond motifs is 1. The van der Waals surface area contributed by atoms with Crippen LogP contribution in [0.5, 0.6) is 5.88 Å². The number of hydrogen-bond donors (Lipinski definition) is 1. The van der Waals surface area contributed by atoms with Gasteiger partial charge in [0.25, 0.3) is 0 Å². The average molecular weight is 286 g/mol. The van der Waals surface area contributed by atoms with E-state index in [0.29, 0.717) is 11.9 Å². The van der Waals surface area contributed by atoms with Crippen molar-refractivity contribution in [2.24, 2.45) is 0 Å². The molecule has 0 spiro atoms. The number of ether oxygens (including phenoxy) is 1. The fourth-order valence-corrected chi connectivity index (χ4v) is 2.86. The molecule has 0 amide bonds. The number of nitrogens with zero attached hydrogens (tertiary/aromatic N) is 3. The van der Waals surface area contributed by atoms with E-state index in [9.17, 15) is 0 Å². The first kappa shape index (κ1) is 14.1. The van der Waals surface area contributed by atoms with Gasteiger partial charge in [-0.25, -0.2) is 4.98 Å². The van der Waals surface area contributed by atoms with E-state index in [0.717, 1.165) is 36.4 Å². The zero-order chi connectivity index (χ0) is 14.7. The van der Waals surface area contributed by atoms with E-state index in [-0.39, 0.29) is 0 Å². The maximum absolute atomic E-state index is 5.24. The number of nitrogens with one attached hydrogen (secondary N) is 1. The predicted octanol–water partition coefficient (Wildman–Crippen LogP) is 2.22. The largest absolute Gasteiger partial charge is 0.481 e. The van der Waals surface area contributed by atoms with Crippen LogP contribution >= 0.6 is 0 Å². The molecule has 1 aliphatic rings. The lowest BCUT2D eigenvalue weighted by Crippen LogP contribution is -2.33. The maximum Gasteiger partial charge on any atom is 0.213 e. The molecule has 0 aromatic carbocycles. The van der Waals surface area contributed by atoms with Crippen molar-refractivity contribution in [3.63, 3.8) is 0 Å². The van der Waals surface area contributed by atoms with Crippen molar-refractivity contribution in [3.8, 4) is 5.88 Å². The van der Waals surface area contributed by atoms with Crippen molar-refractivity contribution in [1.82, 2.24) is 15.3 Å². The topological polar surface area (TPSA) is 50.3 Å². The van der Waals surface area contributed by atoms with Gasteiger partial charge in [0.15, 0.2) is 0 Å². The molecule has 5 heteroatoms.